The van der Waals surface area contributed by atoms with E-state index >= 15 is 0 Å². The quantitative estimate of drug-likeness (QED) is 0.121. The molecule has 6 aromatic heterocycles. The minimum absolute atomic E-state index is 0. The number of aromatic nitrogens is 6. The van der Waals surface area contributed by atoms with Crippen molar-refractivity contribution in [3.05, 3.63) is 133 Å². The molecule has 8 aromatic rings. The summed E-state index contributed by atoms with van der Waals surface area (Å²) >= 11 is 4.15. The van der Waals surface area contributed by atoms with Crippen molar-refractivity contribution in [2.45, 2.75) is 25.2 Å². The molecule has 28 heteroatoms. The molecule has 0 aliphatic rings. The molecule has 0 unspecified atom stereocenters. The number of fused-ring (bicyclic) bond motifs is 2. The second kappa shape index (κ2) is 19.7. The second-order valence-electron chi connectivity index (χ2n) is 14.3. The van der Waals surface area contributed by atoms with Gasteiger partial charge in [0.05, 0.1) is 40.6 Å². The van der Waals surface area contributed by atoms with E-state index in [0.717, 1.165) is 61.3 Å². The maximum absolute atomic E-state index is 14.4. The zero-order valence-corrected chi connectivity index (χ0v) is 37.5. The van der Waals surface area contributed by atoms with Crippen LogP contribution >= 0.6 is 45.3 Å². The molecule has 2 N–H and O–H groups in total. The van der Waals surface area contributed by atoms with Gasteiger partial charge < -0.3 is 10.6 Å². The van der Waals surface area contributed by atoms with E-state index < -0.39 is 80.8 Å². The number of thiazole rings is 2. The zero-order valence-electron chi connectivity index (χ0n) is 34.3. The number of hydrogen-bond acceptors (Lipinski definition) is 12. The number of halogens is 9. The van der Waals surface area contributed by atoms with Crippen LogP contribution in [0.25, 0.3) is 42.9 Å². The number of carbonyl (C=O) groups excluding carboxylic acids is 2. The van der Waals surface area contributed by atoms with E-state index in [1.807, 2.05) is 0 Å². The minimum atomic E-state index is -5.24. The van der Waals surface area contributed by atoms with Crippen molar-refractivity contribution in [1.82, 2.24) is 28.2 Å². The van der Waals surface area contributed by atoms with Crippen molar-refractivity contribution >= 4 is 117 Å². The first kappa shape index (κ1) is 51.7. The summed E-state index contributed by atoms with van der Waals surface area (Å²) in [6, 6.07) is 3.80. The Morgan fingerprint density at radius 3 is 1.53 bits per heavy atom. The molecule has 0 bridgehead atoms. The number of hydrogen-bond donors (Lipinski definition) is 2. The van der Waals surface area contributed by atoms with Gasteiger partial charge in [0.2, 0.25) is 11.8 Å². The molecule has 0 radical (unpaired) electrons. The summed E-state index contributed by atoms with van der Waals surface area (Å²) in [6.45, 7) is 0. The summed E-state index contributed by atoms with van der Waals surface area (Å²) in [5, 5.41) is 11.5. The average molecular weight is 1040 g/mol. The van der Waals surface area contributed by atoms with E-state index in [1.54, 1.807) is 10.8 Å². The Balaban J connectivity index is 0.000000221. The van der Waals surface area contributed by atoms with Crippen molar-refractivity contribution in [3.8, 4) is 22.5 Å². The van der Waals surface area contributed by atoms with Crippen molar-refractivity contribution in [2.75, 3.05) is 10.6 Å². The monoisotopic (exact) mass is 1040 g/mol. The van der Waals surface area contributed by atoms with E-state index in [1.165, 1.54) is 59.4 Å². The van der Waals surface area contributed by atoms with Gasteiger partial charge in [-0.3, -0.25) is 37.4 Å². The summed E-state index contributed by atoms with van der Waals surface area (Å²) in [5.41, 5.74) is -5.05. The zero-order chi connectivity index (χ0) is 49.0. The summed E-state index contributed by atoms with van der Waals surface area (Å²) in [4.78, 5) is 83.1. The van der Waals surface area contributed by atoms with Crippen LogP contribution in [0.5, 0.6) is 0 Å². The van der Waals surface area contributed by atoms with Crippen LogP contribution < -0.4 is 33.1 Å². The van der Waals surface area contributed by atoms with E-state index in [0.29, 0.717) is 32.9 Å². The molecule has 8 rings (SSSR count). The standard InChI is InChI=1S/C20H13F5N4O3S2.C20H14F4N4O3S2.Na.H/c1-28-16(31)13-8(6-33-17(13)29(2)19(28)32)5-12(30)27-18-26-11(7-34-18)9-3-4-10(21)14(15(9)22)20(23,24)25;1-27-16(30)15-10(7-32-17(15)28(2)19(27)31)6-14(29)26-18-25-13(8-33-18)9-3-4-11(12(21)5-9)20(22,23)24;;/h3-4,6-7H,5H2,1-2H3,(H,26,27,30);3-5,7-8H,6H2,1-2H3,(H,25,26,29);;. The maximum atomic E-state index is 14.4. The first-order chi connectivity index (χ1) is 31.4. The van der Waals surface area contributed by atoms with E-state index in [2.05, 4.69) is 20.6 Å². The Kier molecular flexibility index (Phi) is 15.0. The van der Waals surface area contributed by atoms with Crippen molar-refractivity contribution in [3.63, 3.8) is 0 Å². The van der Waals surface area contributed by atoms with Crippen LogP contribution in [-0.2, 0) is 63.0 Å². The van der Waals surface area contributed by atoms with Gasteiger partial charge in [-0.15, -0.1) is 45.3 Å². The van der Waals surface area contributed by atoms with Crippen LogP contribution in [0.15, 0.2) is 71.0 Å². The van der Waals surface area contributed by atoms with Crippen molar-refractivity contribution in [2.24, 2.45) is 28.2 Å². The molecule has 352 valence electrons. The molecule has 0 aliphatic carbocycles. The van der Waals surface area contributed by atoms with Crippen LogP contribution in [0, 0.1) is 17.5 Å². The summed E-state index contributed by atoms with van der Waals surface area (Å²) in [5.74, 6) is -6.04. The average Bonchev–Trinajstić information content (AvgIpc) is 4.08. The first-order valence-electron chi connectivity index (χ1n) is 18.6. The number of carbonyl (C=O) groups is 2. The molecule has 0 atom stereocenters. The fourth-order valence-corrected chi connectivity index (χ4v) is 10.1. The third-order valence-electron chi connectivity index (χ3n) is 9.91. The molecular weight excluding hydrogens is 1010 g/mol. The number of benzene rings is 2. The Morgan fingerprint density at radius 1 is 0.603 bits per heavy atom. The number of anilines is 2. The normalized spacial score (nSPS) is 11.7. The number of aryl methyl sites for hydroxylation is 2. The van der Waals surface area contributed by atoms with Gasteiger partial charge in [0, 0.05) is 50.1 Å². The van der Waals surface area contributed by atoms with Crippen LogP contribution in [0.4, 0.5) is 49.8 Å². The van der Waals surface area contributed by atoms with Crippen LogP contribution in [0.2, 0.25) is 0 Å². The molecule has 68 heavy (non-hydrogen) atoms. The van der Waals surface area contributed by atoms with Gasteiger partial charge in [-0.1, -0.05) is 6.07 Å². The molecule has 0 saturated heterocycles. The number of thiophene rings is 2. The third kappa shape index (κ3) is 10.2. The van der Waals surface area contributed by atoms with Crippen LogP contribution in [-0.4, -0.2) is 69.6 Å². The van der Waals surface area contributed by atoms with Crippen molar-refractivity contribution in [1.29, 1.82) is 0 Å². The number of alkyl halides is 6. The van der Waals surface area contributed by atoms with Gasteiger partial charge in [-0.2, -0.15) is 26.3 Å². The Bertz CT molecular complexity index is 3550. The number of nitrogens with zero attached hydrogens (tertiary/aromatic N) is 6. The molecule has 2 aromatic carbocycles. The molecule has 0 saturated carbocycles. The Hall–Kier alpha value is -5.71. The SMILES string of the molecule is Cn1c(=O)c2c(CC(=O)Nc3nc(-c4ccc(C(F)(F)F)c(F)c4)cs3)csc2n(C)c1=O.Cn1c(=O)c2c(CC(=O)Nc3nc(-c4ccc(F)c(C(F)(F)F)c4F)cs3)csc2n(C)c1=O.[NaH]. The predicted molar refractivity (Wildman–Crippen MR) is 241 cm³/mol. The van der Waals surface area contributed by atoms with Gasteiger partial charge in [0.25, 0.3) is 11.1 Å². The summed E-state index contributed by atoms with van der Waals surface area (Å²) in [7, 11) is 5.71. The fourth-order valence-electron chi connectivity index (χ4n) is 6.61. The van der Waals surface area contributed by atoms with Crippen molar-refractivity contribution < 1.29 is 49.1 Å². The number of rotatable bonds is 8. The third-order valence-corrected chi connectivity index (χ3v) is 13.6. The van der Waals surface area contributed by atoms with Gasteiger partial charge in [0.1, 0.15) is 32.7 Å². The molecule has 14 nitrogen and oxygen atoms in total. The molecule has 6 heterocycles. The topological polar surface area (TPSA) is 172 Å². The first-order valence-corrected chi connectivity index (χ1v) is 22.1. The molecule has 0 fully saturated rings. The van der Waals surface area contributed by atoms with Gasteiger partial charge in [-0.05, 0) is 46.2 Å². The molecule has 2 amide bonds. The predicted octanol–water partition coefficient (Wildman–Crippen LogP) is 7.01. The van der Waals surface area contributed by atoms with Crippen LogP contribution in [0.3, 0.4) is 0 Å². The van der Waals surface area contributed by atoms with Crippen LogP contribution in [0.1, 0.15) is 22.3 Å². The second-order valence-corrected chi connectivity index (χ2v) is 17.7. The number of amides is 2. The molecule has 0 spiro atoms. The van der Waals surface area contributed by atoms with E-state index in [4.69, 9.17) is 0 Å². The number of nitrogens with one attached hydrogen (secondary N) is 2. The Morgan fingerprint density at radius 2 is 1.07 bits per heavy atom. The van der Waals surface area contributed by atoms with E-state index in [9.17, 15) is 68.3 Å². The van der Waals surface area contributed by atoms with Gasteiger partial charge in [0.15, 0.2) is 10.3 Å². The van der Waals surface area contributed by atoms with Gasteiger partial charge in [-0.25, -0.2) is 32.7 Å². The fraction of sp³-hybridized carbons (Fsp3) is 0.200. The summed E-state index contributed by atoms with van der Waals surface area (Å²) < 4.78 is 123. The summed E-state index contributed by atoms with van der Waals surface area (Å²) in [6.07, 6.45) is -10.4. The van der Waals surface area contributed by atoms with E-state index in [-0.39, 0.29) is 80.4 Å². The Labute approximate surface area is 411 Å². The van der Waals surface area contributed by atoms with Gasteiger partial charge >= 0.3 is 53.3 Å². The molecule has 0 aliphatic heterocycles. The molecular formula is C40H28F9N8NaO6S4.